The Morgan fingerprint density at radius 2 is 2.04 bits per heavy atom. The summed E-state index contributed by atoms with van der Waals surface area (Å²) in [6.45, 7) is 8.31. The average Bonchev–Trinajstić information content (AvgIpc) is 2.72. The van der Waals surface area contributed by atoms with Crippen molar-refractivity contribution in [3.05, 3.63) is 42.5 Å². The van der Waals surface area contributed by atoms with Crippen LogP contribution in [0.3, 0.4) is 0 Å². The van der Waals surface area contributed by atoms with Crippen LogP contribution in [0.5, 0.6) is 5.75 Å². The van der Waals surface area contributed by atoms with Crippen molar-refractivity contribution >= 4 is 29.9 Å². The fraction of sp³-hybridized carbons (Fsp3) is 0.571. The number of hydrogen-bond acceptors (Lipinski definition) is 4. The molecule has 1 N–H and O–H groups in total. The van der Waals surface area contributed by atoms with Gasteiger partial charge in [0.1, 0.15) is 12.4 Å². The first-order valence-corrected chi connectivity index (χ1v) is 9.66. The number of para-hydroxylation sites is 1. The van der Waals surface area contributed by atoms with Gasteiger partial charge in [-0.05, 0) is 25.3 Å². The molecule has 1 heterocycles. The maximum atomic E-state index is 5.94. The quantitative estimate of drug-likeness (QED) is 0.174. The molecule has 2 rings (SSSR count). The molecule has 0 saturated carbocycles. The number of halogens is 1. The summed E-state index contributed by atoms with van der Waals surface area (Å²) >= 11 is 0. The summed E-state index contributed by atoms with van der Waals surface area (Å²) in [5.74, 6) is 1.80. The van der Waals surface area contributed by atoms with Crippen LogP contribution in [0, 0.1) is 0 Å². The molecule has 1 fully saturated rings. The summed E-state index contributed by atoms with van der Waals surface area (Å²) < 4.78 is 16.7. The van der Waals surface area contributed by atoms with Crippen LogP contribution in [-0.2, 0) is 16.0 Å². The van der Waals surface area contributed by atoms with Gasteiger partial charge in [-0.3, -0.25) is 4.99 Å². The third kappa shape index (κ3) is 8.36. The van der Waals surface area contributed by atoms with Crippen LogP contribution in [-0.4, -0.2) is 64.0 Å². The van der Waals surface area contributed by atoms with Crippen LogP contribution < -0.4 is 10.1 Å². The highest BCUT2D eigenvalue weighted by Gasteiger charge is 2.21. The molecule has 1 saturated heterocycles. The normalized spacial score (nSPS) is 15.1. The topological polar surface area (TPSA) is 55.3 Å². The smallest absolute Gasteiger partial charge is 0.193 e. The summed E-state index contributed by atoms with van der Waals surface area (Å²) in [6, 6.07) is 8.05. The number of benzene rings is 1. The molecular weight excluding hydrogens is 469 g/mol. The SMILES string of the molecule is C=CCOc1ccccc1CNC(=NC)N1CCC(OCCCOC)CC1.I. The van der Waals surface area contributed by atoms with Crippen LogP contribution in [0.25, 0.3) is 0 Å². The first-order chi connectivity index (χ1) is 13.3. The fourth-order valence-corrected chi connectivity index (χ4v) is 3.13. The van der Waals surface area contributed by atoms with Crippen molar-refractivity contribution in [2.45, 2.75) is 31.9 Å². The number of methoxy groups -OCH3 is 1. The molecule has 6 nitrogen and oxygen atoms in total. The van der Waals surface area contributed by atoms with Crippen LogP contribution in [0.4, 0.5) is 0 Å². The molecule has 1 aromatic carbocycles. The van der Waals surface area contributed by atoms with E-state index in [-0.39, 0.29) is 24.0 Å². The first-order valence-electron chi connectivity index (χ1n) is 9.66. The van der Waals surface area contributed by atoms with Crippen molar-refractivity contribution < 1.29 is 14.2 Å². The van der Waals surface area contributed by atoms with E-state index >= 15 is 0 Å². The summed E-state index contributed by atoms with van der Waals surface area (Å²) in [5.41, 5.74) is 1.11. The lowest BCUT2D eigenvalue weighted by molar-refractivity contribution is 0.00989. The molecule has 0 spiro atoms. The van der Waals surface area contributed by atoms with E-state index in [1.54, 1.807) is 13.2 Å². The zero-order valence-corrected chi connectivity index (χ0v) is 19.4. The van der Waals surface area contributed by atoms with E-state index in [2.05, 4.69) is 27.9 Å². The van der Waals surface area contributed by atoms with E-state index in [0.717, 1.165) is 62.8 Å². The standard InChI is InChI=1S/C21H33N3O3.HI/c1-4-14-27-20-9-6-5-8-18(20)17-23-21(22-2)24-12-10-19(11-13-24)26-16-7-15-25-3;/h4-6,8-9,19H,1,7,10-17H2,2-3H3,(H,22,23);1H. The van der Waals surface area contributed by atoms with Gasteiger partial charge in [0.25, 0.3) is 0 Å². The second-order valence-electron chi connectivity index (χ2n) is 6.51. The molecule has 28 heavy (non-hydrogen) atoms. The Morgan fingerprint density at radius 3 is 2.71 bits per heavy atom. The van der Waals surface area contributed by atoms with Crippen molar-refractivity contribution in [1.29, 1.82) is 0 Å². The molecule has 1 aliphatic rings. The summed E-state index contributed by atoms with van der Waals surface area (Å²) in [7, 11) is 3.55. The molecule has 1 aliphatic heterocycles. The van der Waals surface area contributed by atoms with E-state index in [1.807, 2.05) is 25.2 Å². The first kappa shape index (κ1) is 24.7. The number of nitrogens with zero attached hydrogens (tertiary/aromatic N) is 2. The van der Waals surface area contributed by atoms with Gasteiger partial charge in [0, 0.05) is 52.6 Å². The maximum Gasteiger partial charge on any atom is 0.193 e. The van der Waals surface area contributed by atoms with Crippen molar-refractivity contribution in [2.24, 2.45) is 4.99 Å². The van der Waals surface area contributed by atoms with Gasteiger partial charge >= 0.3 is 0 Å². The van der Waals surface area contributed by atoms with E-state index in [0.29, 0.717) is 19.3 Å². The Hall–Kier alpha value is -1.32. The minimum absolute atomic E-state index is 0. The molecule has 7 heteroatoms. The number of hydrogen-bond donors (Lipinski definition) is 1. The Labute approximate surface area is 186 Å². The predicted molar refractivity (Wildman–Crippen MR) is 125 cm³/mol. The van der Waals surface area contributed by atoms with Gasteiger partial charge in [-0.1, -0.05) is 30.9 Å². The molecular formula is C21H34IN3O3. The van der Waals surface area contributed by atoms with Gasteiger partial charge in [0.05, 0.1) is 6.10 Å². The lowest BCUT2D eigenvalue weighted by Gasteiger charge is -2.34. The summed E-state index contributed by atoms with van der Waals surface area (Å²) in [5, 5.41) is 3.46. The van der Waals surface area contributed by atoms with Gasteiger partial charge in [0.2, 0.25) is 0 Å². The minimum atomic E-state index is 0. The molecule has 0 bridgehead atoms. The Kier molecular flexibility index (Phi) is 12.9. The highest BCUT2D eigenvalue weighted by atomic mass is 127. The molecule has 1 aromatic rings. The van der Waals surface area contributed by atoms with E-state index < -0.39 is 0 Å². The van der Waals surface area contributed by atoms with Crippen LogP contribution >= 0.6 is 24.0 Å². The zero-order valence-electron chi connectivity index (χ0n) is 17.1. The number of rotatable bonds is 10. The third-order valence-electron chi connectivity index (χ3n) is 4.57. The summed E-state index contributed by atoms with van der Waals surface area (Å²) in [6.07, 6.45) is 5.08. The molecule has 0 amide bonds. The van der Waals surface area contributed by atoms with Crippen LogP contribution in [0.15, 0.2) is 41.9 Å². The fourth-order valence-electron chi connectivity index (χ4n) is 3.13. The van der Waals surface area contributed by atoms with Gasteiger partial charge in [-0.15, -0.1) is 24.0 Å². The molecule has 0 radical (unpaired) electrons. The maximum absolute atomic E-state index is 5.94. The van der Waals surface area contributed by atoms with Crippen LogP contribution in [0.2, 0.25) is 0 Å². The van der Waals surface area contributed by atoms with Crippen molar-refractivity contribution in [3.63, 3.8) is 0 Å². The molecule has 0 aliphatic carbocycles. The Morgan fingerprint density at radius 1 is 1.29 bits per heavy atom. The van der Waals surface area contributed by atoms with Crippen molar-refractivity contribution in [2.75, 3.05) is 47.1 Å². The summed E-state index contributed by atoms with van der Waals surface area (Å²) in [4.78, 5) is 6.74. The number of piperidine rings is 1. The van der Waals surface area contributed by atoms with Crippen molar-refractivity contribution in [3.8, 4) is 5.75 Å². The molecule has 0 atom stereocenters. The van der Waals surface area contributed by atoms with E-state index in [4.69, 9.17) is 14.2 Å². The number of likely N-dealkylation sites (tertiary alicyclic amines) is 1. The van der Waals surface area contributed by atoms with E-state index in [1.165, 1.54) is 0 Å². The van der Waals surface area contributed by atoms with Gasteiger partial charge < -0.3 is 24.4 Å². The Balaban J connectivity index is 0.00000392. The Bertz CT molecular complexity index is 590. The second kappa shape index (κ2) is 14.6. The van der Waals surface area contributed by atoms with Gasteiger partial charge in [-0.2, -0.15) is 0 Å². The van der Waals surface area contributed by atoms with Crippen molar-refractivity contribution in [1.82, 2.24) is 10.2 Å². The van der Waals surface area contributed by atoms with Gasteiger partial charge in [-0.25, -0.2) is 0 Å². The lowest BCUT2D eigenvalue weighted by Crippen LogP contribution is -2.46. The monoisotopic (exact) mass is 503 g/mol. The zero-order chi connectivity index (χ0) is 19.3. The number of nitrogens with one attached hydrogen (secondary N) is 1. The van der Waals surface area contributed by atoms with Gasteiger partial charge in [0.15, 0.2) is 5.96 Å². The molecule has 158 valence electrons. The minimum Gasteiger partial charge on any atom is -0.489 e. The largest absolute Gasteiger partial charge is 0.489 e. The lowest BCUT2D eigenvalue weighted by atomic mass is 10.1. The number of ether oxygens (including phenoxy) is 3. The second-order valence-corrected chi connectivity index (χ2v) is 6.51. The van der Waals surface area contributed by atoms with E-state index in [9.17, 15) is 0 Å². The number of aliphatic imine (C=N–C) groups is 1. The average molecular weight is 503 g/mol. The third-order valence-corrected chi connectivity index (χ3v) is 4.57. The molecule has 0 unspecified atom stereocenters. The number of guanidine groups is 1. The highest BCUT2D eigenvalue weighted by Crippen LogP contribution is 2.18. The molecule has 0 aromatic heterocycles. The van der Waals surface area contributed by atoms with Crippen LogP contribution in [0.1, 0.15) is 24.8 Å². The predicted octanol–water partition coefficient (Wildman–Crippen LogP) is 3.46. The highest BCUT2D eigenvalue weighted by molar-refractivity contribution is 14.0.